The molecule has 144 valence electrons. The van der Waals surface area contributed by atoms with Crippen LogP contribution >= 0.6 is 0 Å². The summed E-state index contributed by atoms with van der Waals surface area (Å²) in [5.41, 5.74) is 11.4. The van der Waals surface area contributed by atoms with Gasteiger partial charge in [-0.25, -0.2) is 0 Å². The van der Waals surface area contributed by atoms with Crippen LogP contribution < -0.4 is 11.2 Å². The molecule has 6 atom stereocenters. The molecule has 0 spiro atoms. The number of fused-ring (bicyclic) bond motifs is 5. The van der Waals surface area contributed by atoms with E-state index in [2.05, 4.69) is 32.0 Å². The number of Topliss-reactive ketones (excluding diaryl/α,β-unsaturated/α-hetero) is 1. The fraction of sp³-hybridized carbons (Fsp3) is 0.773. The Hall–Kier alpha value is -1.13. The smallest absolute Gasteiger partial charge is 0.139 e. The molecule has 4 rings (SSSR count). The number of hydrogen-bond donors (Lipinski definition) is 2. The minimum Gasteiger partial charge on any atom is -0.328 e. The number of carbonyl (C=O) groups is 1. The lowest BCUT2D eigenvalue weighted by atomic mass is 9.45. The van der Waals surface area contributed by atoms with Crippen LogP contribution in [0, 0.1) is 34.5 Å². The Bertz CT molecular complexity index is 642. The van der Waals surface area contributed by atoms with Crippen LogP contribution in [0.15, 0.2) is 23.9 Å². The second kappa shape index (κ2) is 6.49. The maximum atomic E-state index is 12.6. The molecule has 0 bridgehead atoms. The highest BCUT2D eigenvalue weighted by Crippen LogP contribution is 2.66. The van der Waals surface area contributed by atoms with Crippen molar-refractivity contribution in [2.24, 2.45) is 40.2 Å². The minimum absolute atomic E-state index is 0.0827. The van der Waals surface area contributed by atoms with Crippen molar-refractivity contribution >= 4 is 5.78 Å². The molecule has 3 N–H and O–H groups in total. The Morgan fingerprint density at radius 1 is 1.27 bits per heavy atom. The Kier molecular flexibility index (Phi) is 4.55. The molecular formula is C22H34N2O2. The summed E-state index contributed by atoms with van der Waals surface area (Å²) >= 11 is 0. The lowest BCUT2D eigenvalue weighted by Gasteiger charge is -2.59. The standard InChI is InChI=1S/C22H34N2O2/c1-14-12-15-13-16(24-26-11-10-23)6-8-21(15,2)18-7-9-22(3)17(20(14)18)4-5-19(22)25/h13,15,17-18,20,24H,1,4-12,23H2,2-3H3/t15?,17-,18+,20-,21-,22-/m0/s1. The SMILES string of the molecule is C=C1CC2C=C(NOCCN)CC[C@]2(C)[C@@H]2CC[C@]3(C)C(=O)CC[C@H]3[C@H]12. The van der Waals surface area contributed by atoms with Gasteiger partial charge in [0, 0.05) is 24.1 Å². The van der Waals surface area contributed by atoms with Crippen molar-refractivity contribution in [3.05, 3.63) is 23.9 Å². The number of hydroxylamine groups is 1. The Morgan fingerprint density at radius 2 is 2.08 bits per heavy atom. The van der Waals surface area contributed by atoms with Gasteiger partial charge in [0.2, 0.25) is 0 Å². The highest BCUT2D eigenvalue weighted by atomic mass is 16.6. The lowest BCUT2D eigenvalue weighted by molar-refractivity contribution is -0.132. The van der Waals surface area contributed by atoms with Crippen LogP contribution in [0.4, 0.5) is 0 Å². The van der Waals surface area contributed by atoms with Crippen molar-refractivity contribution in [2.45, 2.75) is 58.8 Å². The van der Waals surface area contributed by atoms with E-state index in [1.165, 1.54) is 24.1 Å². The fourth-order valence-electron chi connectivity index (χ4n) is 6.79. The summed E-state index contributed by atoms with van der Waals surface area (Å²) in [5, 5.41) is 0. The van der Waals surface area contributed by atoms with Gasteiger partial charge in [0.15, 0.2) is 0 Å². The molecule has 4 nitrogen and oxygen atoms in total. The van der Waals surface area contributed by atoms with Gasteiger partial charge in [-0.05, 0) is 67.6 Å². The average Bonchev–Trinajstić information content (AvgIpc) is 2.92. The van der Waals surface area contributed by atoms with Gasteiger partial charge in [-0.3, -0.25) is 15.1 Å². The molecule has 3 fully saturated rings. The summed E-state index contributed by atoms with van der Waals surface area (Å²) < 4.78 is 0. The normalized spacial score (nSPS) is 44.8. The van der Waals surface area contributed by atoms with Crippen LogP contribution in [0.2, 0.25) is 0 Å². The molecule has 0 amide bonds. The third-order valence-corrected chi connectivity index (χ3v) is 8.39. The molecule has 4 aliphatic rings. The van der Waals surface area contributed by atoms with Crippen molar-refractivity contribution < 1.29 is 9.63 Å². The summed E-state index contributed by atoms with van der Waals surface area (Å²) in [7, 11) is 0. The number of rotatable bonds is 4. The molecule has 0 heterocycles. The van der Waals surface area contributed by atoms with Gasteiger partial charge in [-0.1, -0.05) is 32.1 Å². The molecule has 0 saturated heterocycles. The van der Waals surface area contributed by atoms with Gasteiger partial charge >= 0.3 is 0 Å². The van der Waals surface area contributed by atoms with E-state index >= 15 is 0 Å². The molecule has 26 heavy (non-hydrogen) atoms. The molecule has 4 aliphatic carbocycles. The van der Waals surface area contributed by atoms with Gasteiger partial charge in [-0.15, -0.1) is 0 Å². The monoisotopic (exact) mass is 358 g/mol. The molecule has 0 aliphatic heterocycles. The quantitative estimate of drug-likeness (QED) is 0.456. The Labute approximate surface area is 157 Å². The lowest BCUT2D eigenvalue weighted by Crippen LogP contribution is -2.53. The van der Waals surface area contributed by atoms with Crippen molar-refractivity contribution in [1.82, 2.24) is 5.48 Å². The summed E-state index contributed by atoms with van der Waals surface area (Å²) in [6.45, 7) is 10.3. The van der Waals surface area contributed by atoms with E-state index in [0.717, 1.165) is 32.1 Å². The molecule has 4 heteroatoms. The topological polar surface area (TPSA) is 64.3 Å². The fourth-order valence-corrected chi connectivity index (χ4v) is 6.79. The van der Waals surface area contributed by atoms with E-state index in [1.807, 2.05) is 0 Å². The second-order valence-corrected chi connectivity index (χ2v) is 9.56. The number of nitrogens with two attached hydrogens (primary N) is 1. The van der Waals surface area contributed by atoms with E-state index in [-0.39, 0.29) is 5.41 Å². The van der Waals surface area contributed by atoms with Crippen LogP contribution in [0.1, 0.15) is 58.8 Å². The Balaban J connectivity index is 1.58. The van der Waals surface area contributed by atoms with Crippen LogP contribution in [0.25, 0.3) is 0 Å². The van der Waals surface area contributed by atoms with Crippen molar-refractivity contribution in [3.63, 3.8) is 0 Å². The summed E-state index contributed by atoms with van der Waals surface area (Å²) in [6.07, 6.45) is 9.78. The molecular weight excluding hydrogens is 324 g/mol. The second-order valence-electron chi connectivity index (χ2n) is 9.56. The highest BCUT2D eigenvalue weighted by Gasteiger charge is 2.60. The molecule has 0 aromatic carbocycles. The largest absolute Gasteiger partial charge is 0.328 e. The molecule has 1 unspecified atom stereocenters. The van der Waals surface area contributed by atoms with Crippen LogP contribution in [-0.2, 0) is 9.63 Å². The van der Waals surface area contributed by atoms with Gasteiger partial charge in [0.05, 0.1) is 6.61 Å². The summed E-state index contributed by atoms with van der Waals surface area (Å²) in [4.78, 5) is 18.0. The highest BCUT2D eigenvalue weighted by molar-refractivity contribution is 5.87. The van der Waals surface area contributed by atoms with Gasteiger partial charge in [-0.2, -0.15) is 0 Å². The first kappa shape index (κ1) is 18.2. The van der Waals surface area contributed by atoms with E-state index in [1.54, 1.807) is 0 Å². The number of ketones is 1. The zero-order chi connectivity index (χ0) is 18.5. The van der Waals surface area contributed by atoms with Crippen LogP contribution in [0.5, 0.6) is 0 Å². The number of hydrogen-bond acceptors (Lipinski definition) is 4. The van der Waals surface area contributed by atoms with E-state index < -0.39 is 0 Å². The van der Waals surface area contributed by atoms with Crippen molar-refractivity contribution in [2.75, 3.05) is 13.2 Å². The van der Waals surface area contributed by atoms with Crippen LogP contribution in [0.3, 0.4) is 0 Å². The predicted octanol–water partition coefficient (Wildman–Crippen LogP) is 3.74. The van der Waals surface area contributed by atoms with Crippen molar-refractivity contribution in [1.29, 1.82) is 0 Å². The third kappa shape index (κ3) is 2.60. The van der Waals surface area contributed by atoms with Crippen molar-refractivity contribution in [3.8, 4) is 0 Å². The molecule has 0 radical (unpaired) electrons. The maximum Gasteiger partial charge on any atom is 0.139 e. The number of allylic oxidation sites excluding steroid dienone is 3. The molecule has 3 saturated carbocycles. The first-order valence-electron chi connectivity index (χ1n) is 10.4. The van der Waals surface area contributed by atoms with Gasteiger partial charge in [0.1, 0.15) is 5.78 Å². The van der Waals surface area contributed by atoms with Gasteiger partial charge in [0.25, 0.3) is 0 Å². The van der Waals surface area contributed by atoms with E-state index in [0.29, 0.717) is 48.0 Å². The summed E-state index contributed by atoms with van der Waals surface area (Å²) in [5.74, 6) is 2.76. The maximum absolute atomic E-state index is 12.6. The predicted molar refractivity (Wildman–Crippen MR) is 103 cm³/mol. The van der Waals surface area contributed by atoms with Gasteiger partial charge < -0.3 is 5.73 Å². The summed E-state index contributed by atoms with van der Waals surface area (Å²) in [6, 6.07) is 0. The van der Waals surface area contributed by atoms with E-state index in [9.17, 15) is 4.79 Å². The Morgan fingerprint density at radius 3 is 2.85 bits per heavy atom. The minimum atomic E-state index is -0.0827. The van der Waals surface area contributed by atoms with Crippen LogP contribution in [-0.4, -0.2) is 18.9 Å². The first-order chi connectivity index (χ1) is 12.4. The molecule has 0 aromatic rings. The zero-order valence-corrected chi connectivity index (χ0v) is 16.4. The number of carbonyl (C=O) groups excluding carboxylic acids is 1. The van der Waals surface area contributed by atoms with E-state index in [4.69, 9.17) is 10.6 Å². The molecule has 0 aromatic heterocycles. The number of nitrogens with one attached hydrogen (secondary N) is 1. The average molecular weight is 359 g/mol. The zero-order valence-electron chi connectivity index (χ0n) is 16.4. The first-order valence-corrected chi connectivity index (χ1v) is 10.4. The third-order valence-electron chi connectivity index (χ3n) is 8.39.